The lowest BCUT2D eigenvalue weighted by Gasteiger charge is -2.43. The SMILES string of the molecule is CCOC1CC(NCCc2nnc3ccccn23)C1OC. The Balaban J connectivity index is 1.50. The van der Waals surface area contributed by atoms with Gasteiger partial charge in [0.1, 0.15) is 5.82 Å². The number of methoxy groups -OCH3 is 1. The number of hydrogen-bond acceptors (Lipinski definition) is 5. The first-order chi connectivity index (χ1) is 10.3. The van der Waals surface area contributed by atoms with Crippen molar-refractivity contribution in [3.05, 3.63) is 30.2 Å². The second-order valence-electron chi connectivity index (χ2n) is 5.29. The third kappa shape index (κ3) is 2.92. The van der Waals surface area contributed by atoms with Crippen molar-refractivity contribution >= 4 is 5.65 Å². The van der Waals surface area contributed by atoms with Gasteiger partial charge in [0, 0.05) is 38.9 Å². The van der Waals surface area contributed by atoms with Gasteiger partial charge in [-0.2, -0.15) is 0 Å². The average molecular weight is 290 g/mol. The van der Waals surface area contributed by atoms with E-state index in [9.17, 15) is 0 Å². The lowest BCUT2D eigenvalue weighted by atomic mass is 9.85. The van der Waals surface area contributed by atoms with E-state index in [4.69, 9.17) is 9.47 Å². The van der Waals surface area contributed by atoms with Crippen LogP contribution < -0.4 is 5.32 Å². The molecule has 6 nitrogen and oxygen atoms in total. The van der Waals surface area contributed by atoms with E-state index in [1.807, 2.05) is 35.7 Å². The summed E-state index contributed by atoms with van der Waals surface area (Å²) in [5.74, 6) is 0.979. The maximum atomic E-state index is 5.63. The fraction of sp³-hybridized carbons (Fsp3) is 0.600. The maximum Gasteiger partial charge on any atom is 0.160 e. The topological polar surface area (TPSA) is 60.7 Å². The smallest absolute Gasteiger partial charge is 0.160 e. The number of pyridine rings is 1. The first kappa shape index (κ1) is 14.4. The Morgan fingerprint density at radius 2 is 2.29 bits per heavy atom. The average Bonchev–Trinajstić information content (AvgIpc) is 2.89. The van der Waals surface area contributed by atoms with E-state index in [0.717, 1.165) is 37.5 Å². The first-order valence-corrected chi connectivity index (χ1v) is 7.50. The Hall–Kier alpha value is -1.50. The Morgan fingerprint density at radius 1 is 1.38 bits per heavy atom. The number of nitrogens with one attached hydrogen (secondary N) is 1. The molecule has 0 aliphatic heterocycles. The van der Waals surface area contributed by atoms with Crippen LogP contribution in [0.25, 0.3) is 5.65 Å². The zero-order valence-corrected chi connectivity index (χ0v) is 12.5. The summed E-state index contributed by atoms with van der Waals surface area (Å²) in [5.41, 5.74) is 0.891. The van der Waals surface area contributed by atoms with Gasteiger partial charge in [-0.05, 0) is 25.5 Å². The molecule has 1 aliphatic rings. The monoisotopic (exact) mass is 290 g/mol. The van der Waals surface area contributed by atoms with Crippen molar-refractivity contribution < 1.29 is 9.47 Å². The number of rotatable bonds is 7. The summed E-state index contributed by atoms with van der Waals surface area (Å²) in [6.45, 7) is 3.62. The van der Waals surface area contributed by atoms with Gasteiger partial charge >= 0.3 is 0 Å². The molecule has 2 aromatic rings. The Bertz CT molecular complexity index is 586. The predicted octanol–water partition coefficient (Wildman–Crippen LogP) is 1.05. The van der Waals surface area contributed by atoms with Crippen LogP contribution in [0.3, 0.4) is 0 Å². The Kier molecular flexibility index (Phi) is 4.48. The molecular weight excluding hydrogens is 268 g/mol. The molecule has 3 rings (SSSR count). The molecule has 0 radical (unpaired) electrons. The zero-order chi connectivity index (χ0) is 14.7. The van der Waals surface area contributed by atoms with E-state index >= 15 is 0 Å². The van der Waals surface area contributed by atoms with Crippen LogP contribution in [0.2, 0.25) is 0 Å². The zero-order valence-electron chi connectivity index (χ0n) is 12.5. The van der Waals surface area contributed by atoms with Gasteiger partial charge in [0.15, 0.2) is 5.65 Å². The second kappa shape index (κ2) is 6.51. The highest BCUT2D eigenvalue weighted by atomic mass is 16.5. The highest BCUT2D eigenvalue weighted by molar-refractivity contribution is 5.36. The van der Waals surface area contributed by atoms with E-state index < -0.39 is 0 Å². The van der Waals surface area contributed by atoms with Crippen molar-refractivity contribution in [1.29, 1.82) is 0 Å². The van der Waals surface area contributed by atoms with Gasteiger partial charge in [-0.15, -0.1) is 10.2 Å². The highest BCUT2D eigenvalue weighted by Gasteiger charge is 2.41. The fourth-order valence-corrected chi connectivity index (χ4v) is 2.91. The van der Waals surface area contributed by atoms with E-state index in [2.05, 4.69) is 15.5 Å². The minimum absolute atomic E-state index is 0.153. The number of ether oxygens (including phenoxy) is 2. The number of nitrogens with zero attached hydrogens (tertiary/aromatic N) is 3. The summed E-state index contributed by atoms with van der Waals surface area (Å²) in [6.07, 6.45) is 4.23. The second-order valence-corrected chi connectivity index (χ2v) is 5.29. The lowest BCUT2D eigenvalue weighted by Crippen LogP contribution is -2.60. The van der Waals surface area contributed by atoms with E-state index in [0.29, 0.717) is 6.04 Å². The molecule has 1 saturated carbocycles. The summed E-state index contributed by atoms with van der Waals surface area (Å²) in [5, 5.41) is 11.9. The molecule has 2 aromatic heterocycles. The minimum Gasteiger partial charge on any atom is -0.377 e. The van der Waals surface area contributed by atoms with Crippen LogP contribution in [0.5, 0.6) is 0 Å². The first-order valence-electron chi connectivity index (χ1n) is 7.50. The molecule has 0 amide bonds. The maximum absolute atomic E-state index is 5.63. The summed E-state index contributed by atoms with van der Waals surface area (Å²) in [6, 6.07) is 6.29. The third-order valence-electron chi connectivity index (χ3n) is 4.04. The van der Waals surface area contributed by atoms with Gasteiger partial charge in [-0.25, -0.2) is 0 Å². The summed E-state index contributed by atoms with van der Waals surface area (Å²) < 4.78 is 13.2. The normalized spacial score (nSPS) is 25.1. The van der Waals surface area contributed by atoms with Crippen LogP contribution in [-0.4, -0.2) is 53.1 Å². The van der Waals surface area contributed by atoms with Gasteiger partial charge in [-0.3, -0.25) is 4.40 Å². The molecule has 114 valence electrons. The van der Waals surface area contributed by atoms with Gasteiger partial charge < -0.3 is 14.8 Å². The number of aromatic nitrogens is 3. The Labute approximate surface area is 124 Å². The van der Waals surface area contributed by atoms with Crippen molar-refractivity contribution in [2.24, 2.45) is 0 Å². The molecule has 3 unspecified atom stereocenters. The van der Waals surface area contributed by atoms with Crippen LogP contribution in [0.15, 0.2) is 24.4 Å². The van der Waals surface area contributed by atoms with Crippen molar-refractivity contribution in [3.63, 3.8) is 0 Å². The van der Waals surface area contributed by atoms with Crippen LogP contribution in [0.1, 0.15) is 19.2 Å². The predicted molar refractivity (Wildman–Crippen MR) is 79.3 cm³/mol. The van der Waals surface area contributed by atoms with E-state index in [-0.39, 0.29) is 12.2 Å². The summed E-state index contributed by atoms with van der Waals surface area (Å²) in [4.78, 5) is 0. The van der Waals surface area contributed by atoms with Crippen molar-refractivity contribution in [3.8, 4) is 0 Å². The molecule has 21 heavy (non-hydrogen) atoms. The van der Waals surface area contributed by atoms with Crippen LogP contribution in [-0.2, 0) is 15.9 Å². The molecule has 0 bridgehead atoms. The van der Waals surface area contributed by atoms with E-state index in [1.54, 1.807) is 7.11 Å². The van der Waals surface area contributed by atoms with Crippen molar-refractivity contribution in [2.75, 3.05) is 20.3 Å². The van der Waals surface area contributed by atoms with Crippen LogP contribution >= 0.6 is 0 Å². The standard InChI is InChI=1S/C15H22N4O2/c1-3-21-12-10-11(15(12)20-2)16-8-7-14-18-17-13-6-4-5-9-19(13)14/h4-6,9,11-12,15-16H,3,7-8,10H2,1-2H3. The molecule has 6 heteroatoms. The lowest BCUT2D eigenvalue weighted by molar-refractivity contribution is -0.131. The summed E-state index contributed by atoms with van der Waals surface area (Å²) >= 11 is 0. The van der Waals surface area contributed by atoms with Gasteiger partial charge in [0.2, 0.25) is 0 Å². The molecule has 0 saturated heterocycles. The molecule has 1 aliphatic carbocycles. The highest BCUT2D eigenvalue weighted by Crippen LogP contribution is 2.26. The molecular formula is C15H22N4O2. The molecule has 1 fully saturated rings. The van der Waals surface area contributed by atoms with Crippen LogP contribution in [0, 0.1) is 0 Å². The fourth-order valence-electron chi connectivity index (χ4n) is 2.91. The summed E-state index contributed by atoms with van der Waals surface area (Å²) in [7, 11) is 1.75. The number of fused-ring (bicyclic) bond motifs is 1. The molecule has 0 aromatic carbocycles. The quantitative estimate of drug-likeness (QED) is 0.826. The van der Waals surface area contributed by atoms with Gasteiger partial charge in [0.05, 0.1) is 12.2 Å². The van der Waals surface area contributed by atoms with Gasteiger partial charge in [-0.1, -0.05) is 6.07 Å². The molecule has 3 atom stereocenters. The van der Waals surface area contributed by atoms with Crippen LogP contribution in [0.4, 0.5) is 0 Å². The minimum atomic E-state index is 0.153. The van der Waals surface area contributed by atoms with Gasteiger partial charge in [0.25, 0.3) is 0 Å². The van der Waals surface area contributed by atoms with Crippen molar-refractivity contribution in [1.82, 2.24) is 19.9 Å². The molecule has 2 heterocycles. The van der Waals surface area contributed by atoms with E-state index in [1.165, 1.54) is 0 Å². The molecule has 1 N–H and O–H groups in total. The number of hydrogen-bond donors (Lipinski definition) is 1. The van der Waals surface area contributed by atoms with Crippen molar-refractivity contribution in [2.45, 2.75) is 38.0 Å². The molecule has 0 spiro atoms. The largest absolute Gasteiger partial charge is 0.377 e. The third-order valence-corrected chi connectivity index (χ3v) is 4.04. The Morgan fingerprint density at radius 3 is 3.10 bits per heavy atom.